The Bertz CT molecular complexity index is 688. The highest BCUT2D eigenvalue weighted by Gasteiger charge is 2.09. The van der Waals surface area contributed by atoms with Gasteiger partial charge >= 0.3 is 5.00 Å². The molecule has 2 rings (SSSR count). The molecule has 0 fully saturated rings. The molecule has 0 bridgehead atoms. The lowest BCUT2D eigenvalue weighted by atomic mass is 10.2. The Balaban J connectivity index is 1.96. The van der Waals surface area contributed by atoms with Crippen molar-refractivity contribution in [3.63, 3.8) is 0 Å². The van der Waals surface area contributed by atoms with Crippen LogP contribution in [-0.4, -0.2) is 15.8 Å². The Hall–Kier alpha value is -2.06. The molecule has 1 N–H and O–H groups in total. The van der Waals surface area contributed by atoms with E-state index >= 15 is 0 Å². The van der Waals surface area contributed by atoms with Gasteiger partial charge in [-0.15, -0.1) is 11.3 Å². The summed E-state index contributed by atoms with van der Waals surface area (Å²) < 4.78 is 0. The third kappa shape index (κ3) is 4.20. The molecule has 2 aromatic heterocycles. The third-order valence-electron chi connectivity index (χ3n) is 2.54. The van der Waals surface area contributed by atoms with E-state index < -0.39 is 4.92 Å². The fourth-order valence-electron chi connectivity index (χ4n) is 1.44. The Kier molecular flexibility index (Phi) is 4.81. The van der Waals surface area contributed by atoms with Gasteiger partial charge in [0.15, 0.2) is 5.13 Å². The first-order valence-electron chi connectivity index (χ1n) is 6.14. The lowest BCUT2D eigenvalue weighted by Gasteiger charge is -1.98. The normalized spacial score (nSPS) is 11.2. The van der Waals surface area contributed by atoms with Gasteiger partial charge in [-0.2, -0.15) is 0 Å². The smallest absolute Gasteiger partial charge is 0.298 e. The minimum Gasteiger partial charge on any atom is -0.298 e. The molecule has 0 spiro atoms. The summed E-state index contributed by atoms with van der Waals surface area (Å²) in [5, 5.41) is 15.7. The van der Waals surface area contributed by atoms with E-state index in [1.807, 2.05) is 19.2 Å². The molecular formula is C13H13N3O3S2. The van der Waals surface area contributed by atoms with Gasteiger partial charge in [-0.25, -0.2) is 4.98 Å². The first-order valence-corrected chi connectivity index (χ1v) is 7.84. The van der Waals surface area contributed by atoms with Crippen LogP contribution in [0.4, 0.5) is 10.1 Å². The van der Waals surface area contributed by atoms with Gasteiger partial charge in [-0.05, 0) is 18.1 Å². The van der Waals surface area contributed by atoms with Crippen molar-refractivity contribution in [3.05, 3.63) is 44.3 Å². The van der Waals surface area contributed by atoms with Crippen LogP contribution in [0.5, 0.6) is 0 Å². The van der Waals surface area contributed by atoms with E-state index in [1.165, 1.54) is 23.5 Å². The number of carbonyl (C=O) groups is 1. The van der Waals surface area contributed by atoms with E-state index in [1.54, 1.807) is 12.1 Å². The highest BCUT2D eigenvalue weighted by Crippen LogP contribution is 2.25. The quantitative estimate of drug-likeness (QED) is 0.514. The van der Waals surface area contributed by atoms with Gasteiger partial charge in [0.05, 0.1) is 10.6 Å². The topological polar surface area (TPSA) is 85.1 Å². The molecule has 21 heavy (non-hydrogen) atoms. The maximum Gasteiger partial charge on any atom is 0.324 e. The van der Waals surface area contributed by atoms with E-state index in [2.05, 4.69) is 10.3 Å². The second-order valence-electron chi connectivity index (χ2n) is 4.49. The van der Waals surface area contributed by atoms with E-state index in [-0.39, 0.29) is 10.9 Å². The van der Waals surface area contributed by atoms with Crippen LogP contribution in [0.2, 0.25) is 0 Å². The molecule has 8 heteroatoms. The van der Waals surface area contributed by atoms with Crippen LogP contribution in [0.15, 0.2) is 23.6 Å². The third-order valence-corrected chi connectivity index (χ3v) is 4.31. The van der Waals surface area contributed by atoms with Crippen molar-refractivity contribution >= 4 is 44.8 Å². The van der Waals surface area contributed by atoms with Crippen molar-refractivity contribution in [1.29, 1.82) is 0 Å². The Labute approximate surface area is 129 Å². The van der Waals surface area contributed by atoms with Crippen LogP contribution >= 0.6 is 22.7 Å². The van der Waals surface area contributed by atoms with E-state index in [0.717, 1.165) is 17.0 Å². The van der Waals surface area contributed by atoms with E-state index in [4.69, 9.17) is 0 Å². The average molecular weight is 323 g/mol. The van der Waals surface area contributed by atoms with Crippen molar-refractivity contribution < 1.29 is 9.72 Å². The van der Waals surface area contributed by atoms with Crippen molar-refractivity contribution in [3.8, 4) is 0 Å². The van der Waals surface area contributed by atoms with Gasteiger partial charge in [0.1, 0.15) is 0 Å². The lowest BCUT2D eigenvalue weighted by Crippen LogP contribution is -2.07. The summed E-state index contributed by atoms with van der Waals surface area (Å²) in [6.07, 6.45) is 2.88. The molecule has 1 amide bonds. The molecule has 2 aromatic rings. The van der Waals surface area contributed by atoms with Gasteiger partial charge in [-0.3, -0.25) is 20.2 Å². The van der Waals surface area contributed by atoms with E-state index in [9.17, 15) is 14.9 Å². The molecule has 0 aliphatic heterocycles. The molecule has 2 heterocycles. The summed E-state index contributed by atoms with van der Waals surface area (Å²) in [6.45, 7) is 4.06. The average Bonchev–Trinajstić information content (AvgIpc) is 3.05. The highest BCUT2D eigenvalue weighted by atomic mass is 32.1. The molecular weight excluding hydrogens is 310 g/mol. The monoisotopic (exact) mass is 323 g/mol. The predicted molar refractivity (Wildman–Crippen MR) is 84.8 cm³/mol. The summed E-state index contributed by atoms with van der Waals surface area (Å²) in [7, 11) is 0. The van der Waals surface area contributed by atoms with Crippen molar-refractivity contribution in [2.45, 2.75) is 19.8 Å². The number of thiazole rings is 1. The Morgan fingerprint density at radius 1 is 1.48 bits per heavy atom. The number of amides is 1. The number of hydrogen-bond donors (Lipinski definition) is 1. The fraction of sp³-hybridized carbons (Fsp3) is 0.231. The lowest BCUT2D eigenvalue weighted by molar-refractivity contribution is -0.380. The molecule has 0 radical (unpaired) electrons. The molecule has 0 unspecified atom stereocenters. The summed E-state index contributed by atoms with van der Waals surface area (Å²) in [5.41, 5.74) is 0.938. The van der Waals surface area contributed by atoms with Gasteiger partial charge in [-0.1, -0.05) is 25.2 Å². The maximum atomic E-state index is 11.7. The zero-order valence-corrected chi connectivity index (χ0v) is 13.0. The first-order chi connectivity index (χ1) is 9.95. The zero-order valence-electron chi connectivity index (χ0n) is 11.4. The van der Waals surface area contributed by atoms with Crippen LogP contribution < -0.4 is 5.32 Å². The number of nitrogens with zero attached hydrogens (tertiary/aromatic N) is 2. The number of nitrogens with one attached hydrogen (secondary N) is 1. The van der Waals surface area contributed by atoms with Gasteiger partial charge in [0.2, 0.25) is 5.91 Å². The number of carbonyl (C=O) groups excluding carboxylic acids is 1. The Morgan fingerprint density at radius 3 is 2.81 bits per heavy atom. The van der Waals surface area contributed by atoms with Crippen LogP contribution in [0.25, 0.3) is 6.08 Å². The molecule has 0 aliphatic rings. The SMILES string of the molecule is CC(C)c1csc(NC(=O)/C=C/c2ccc([N+](=O)[O-])s2)n1. The second-order valence-corrected chi connectivity index (χ2v) is 6.44. The standard InChI is InChI=1S/C13H13N3O3S2/c1-8(2)10-7-20-13(14-10)15-11(17)5-3-9-4-6-12(21-9)16(18)19/h3-8H,1-2H3,(H,14,15,17)/b5-3+. The van der Waals surface area contributed by atoms with Crippen LogP contribution in [-0.2, 0) is 4.79 Å². The van der Waals surface area contributed by atoms with Gasteiger partial charge in [0, 0.05) is 22.4 Å². The minimum atomic E-state index is -0.453. The molecule has 110 valence electrons. The number of anilines is 1. The summed E-state index contributed by atoms with van der Waals surface area (Å²) in [6, 6.07) is 3.02. The molecule has 0 atom stereocenters. The van der Waals surface area contributed by atoms with Crippen LogP contribution in [0.1, 0.15) is 30.3 Å². The molecule has 0 saturated heterocycles. The predicted octanol–water partition coefficient (Wildman–Crippen LogP) is 3.89. The van der Waals surface area contributed by atoms with Crippen LogP contribution in [0, 0.1) is 10.1 Å². The molecule has 0 saturated carbocycles. The summed E-state index contributed by atoms with van der Waals surface area (Å²) in [5.74, 6) is 0.00446. The zero-order chi connectivity index (χ0) is 15.4. The maximum absolute atomic E-state index is 11.7. The summed E-state index contributed by atoms with van der Waals surface area (Å²) >= 11 is 2.39. The van der Waals surface area contributed by atoms with Gasteiger partial charge in [0.25, 0.3) is 0 Å². The van der Waals surface area contributed by atoms with Crippen LogP contribution in [0.3, 0.4) is 0 Å². The van der Waals surface area contributed by atoms with Gasteiger partial charge < -0.3 is 0 Å². The number of rotatable bonds is 5. The number of thiophene rings is 1. The number of aromatic nitrogens is 1. The molecule has 0 aromatic carbocycles. The van der Waals surface area contributed by atoms with Crippen molar-refractivity contribution in [2.75, 3.05) is 5.32 Å². The van der Waals surface area contributed by atoms with Crippen molar-refractivity contribution in [2.24, 2.45) is 0 Å². The number of nitro groups is 1. The fourth-order valence-corrected chi connectivity index (χ4v) is 3.04. The summed E-state index contributed by atoms with van der Waals surface area (Å²) in [4.78, 5) is 26.8. The largest absolute Gasteiger partial charge is 0.324 e. The highest BCUT2D eigenvalue weighted by molar-refractivity contribution is 7.16. The van der Waals surface area contributed by atoms with E-state index in [0.29, 0.717) is 15.9 Å². The van der Waals surface area contributed by atoms with Crippen molar-refractivity contribution in [1.82, 2.24) is 4.98 Å². The number of hydrogen-bond acceptors (Lipinski definition) is 6. The molecule has 6 nitrogen and oxygen atoms in total. The minimum absolute atomic E-state index is 0.0524. The Morgan fingerprint density at radius 2 is 2.24 bits per heavy atom. The first kappa shape index (κ1) is 15.3. The molecule has 0 aliphatic carbocycles. The second kappa shape index (κ2) is 6.59.